The first-order valence-electron chi connectivity index (χ1n) is 4.75. The van der Waals surface area contributed by atoms with E-state index in [2.05, 4.69) is 0 Å². The second-order valence-electron chi connectivity index (χ2n) is 3.55. The highest BCUT2D eigenvalue weighted by atomic mass is 32.1. The molecule has 78 valence electrons. The lowest BCUT2D eigenvalue weighted by Crippen LogP contribution is -2.01. The standard InChI is InChI=1S/C12H12O2S/c1-7-6-11(8(2)14-7)12(13)10-4-5-15-9(10)3/h4-6H,1-3H3. The second-order valence-corrected chi connectivity index (χ2v) is 4.67. The summed E-state index contributed by atoms with van der Waals surface area (Å²) in [5.41, 5.74) is 1.46. The van der Waals surface area contributed by atoms with Crippen molar-refractivity contribution in [3.05, 3.63) is 45.0 Å². The van der Waals surface area contributed by atoms with E-state index in [0.29, 0.717) is 11.3 Å². The molecule has 2 nitrogen and oxygen atoms in total. The molecule has 0 spiro atoms. The van der Waals surface area contributed by atoms with Gasteiger partial charge in [-0.25, -0.2) is 0 Å². The normalized spacial score (nSPS) is 10.6. The van der Waals surface area contributed by atoms with Crippen LogP contribution in [0, 0.1) is 20.8 Å². The van der Waals surface area contributed by atoms with E-state index < -0.39 is 0 Å². The van der Waals surface area contributed by atoms with Gasteiger partial charge >= 0.3 is 0 Å². The minimum Gasteiger partial charge on any atom is -0.466 e. The zero-order valence-electron chi connectivity index (χ0n) is 8.96. The van der Waals surface area contributed by atoms with Gasteiger partial charge in [0, 0.05) is 10.4 Å². The number of aryl methyl sites for hydroxylation is 3. The first-order valence-corrected chi connectivity index (χ1v) is 5.63. The molecule has 0 fully saturated rings. The van der Waals surface area contributed by atoms with Crippen LogP contribution >= 0.6 is 11.3 Å². The fourth-order valence-corrected chi connectivity index (χ4v) is 2.32. The minimum atomic E-state index is 0.0584. The molecule has 3 heteroatoms. The van der Waals surface area contributed by atoms with Gasteiger partial charge in [0.05, 0.1) is 5.56 Å². The highest BCUT2D eigenvalue weighted by Crippen LogP contribution is 2.22. The summed E-state index contributed by atoms with van der Waals surface area (Å²) in [6.07, 6.45) is 0. The summed E-state index contributed by atoms with van der Waals surface area (Å²) in [7, 11) is 0. The van der Waals surface area contributed by atoms with Crippen molar-refractivity contribution in [2.45, 2.75) is 20.8 Å². The van der Waals surface area contributed by atoms with Crippen LogP contribution in [0.5, 0.6) is 0 Å². The van der Waals surface area contributed by atoms with E-state index in [0.717, 1.165) is 16.2 Å². The zero-order valence-corrected chi connectivity index (χ0v) is 9.77. The van der Waals surface area contributed by atoms with Crippen molar-refractivity contribution in [3.8, 4) is 0 Å². The third kappa shape index (κ3) is 1.75. The molecule has 0 saturated heterocycles. The number of ketones is 1. The first kappa shape index (κ1) is 10.2. The Morgan fingerprint density at radius 2 is 2.00 bits per heavy atom. The molecule has 2 aromatic rings. The molecular weight excluding hydrogens is 208 g/mol. The van der Waals surface area contributed by atoms with Gasteiger partial charge in [0.15, 0.2) is 5.78 Å². The van der Waals surface area contributed by atoms with Crippen LogP contribution in [-0.4, -0.2) is 5.78 Å². The van der Waals surface area contributed by atoms with E-state index >= 15 is 0 Å². The van der Waals surface area contributed by atoms with Crippen molar-refractivity contribution in [3.63, 3.8) is 0 Å². The number of carbonyl (C=O) groups is 1. The molecule has 2 aromatic heterocycles. The number of carbonyl (C=O) groups excluding carboxylic acids is 1. The fraction of sp³-hybridized carbons (Fsp3) is 0.250. The van der Waals surface area contributed by atoms with Crippen LogP contribution in [0.3, 0.4) is 0 Å². The zero-order chi connectivity index (χ0) is 11.0. The molecule has 15 heavy (non-hydrogen) atoms. The summed E-state index contributed by atoms with van der Waals surface area (Å²) in [6.45, 7) is 5.63. The topological polar surface area (TPSA) is 30.2 Å². The molecular formula is C12H12O2S. The maximum absolute atomic E-state index is 12.1. The van der Waals surface area contributed by atoms with Crippen LogP contribution in [-0.2, 0) is 0 Å². The summed E-state index contributed by atoms with van der Waals surface area (Å²) in [5, 5.41) is 1.94. The van der Waals surface area contributed by atoms with Gasteiger partial charge < -0.3 is 4.42 Å². The Labute approximate surface area is 92.5 Å². The van der Waals surface area contributed by atoms with Crippen molar-refractivity contribution in [1.29, 1.82) is 0 Å². The smallest absolute Gasteiger partial charge is 0.197 e. The van der Waals surface area contributed by atoms with Crippen LogP contribution in [0.4, 0.5) is 0 Å². The Morgan fingerprint density at radius 3 is 2.47 bits per heavy atom. The molecule has 2 rings (SSSR count). The monoisotopic (exact) mass is 220 g/mol. The number of thiophene rings is 1. The number of hydrogen-bond donors (Lipinski definition) is 0. The van der Waals surface area contributed by atoms with Gasteiger partial charge in [-0.05, 0) is 38.3 Å². The van der Waals surface area contributed by atoms with E-state index in [1.165, 1.54) is 0 Å². The van der Waals surface area contributed by atoms with Crippen LogP contribution in [0.1, 0.15) is 32.3 Å². The molecule has 2 heterocycles. The molecule has 0 bridgehead atoms. The van der Waals surface area contributed by atoms with E-state index in [-0.39, 0.29) is 5.78 Å². The molecule has 0 aliphatic rings. The Hall–Kier alpha value is -1.35. The number of furan rings is 1. The molecule has 0 aliphatic heterocycles. The van der Waals surface area contributed by atoms with Crippen molar-refractivity contribution in [1.82, 2.24) is 0 Å². The third-order valence-corrected chi connectivity index (χ3v) is 3.23. The summed E-state index contributed by atoms with van der Waals surface area (Å²) >= 11 is 1.59. The van der Waals surface area contributed by atoms with Crippen molar-refractivity contribution in [2.24, 2.45) is 0 Å². The predicted octanol–water partition coefficient (Wildman–Crippen LogP) is 3.50. The molecule has 0 saturated carbocycles. The van der Waals surface area contributed by atoms with Crippen LogP contribution in [0.15, 0.2) is 21.9 Å². The molecule has 0 unspecified atom stereocenters. The maximum Gasteiger partial charge on any atom is 0.197 e. The summed E-state index contributed by atoms with van der Waals surface area (Å²) < 4.78 is 5.36. The molecule has 0 amide bonds. The van der Waals surface area contributed by atoms with E-state index in [4.69, 9.17) is 4.42 Å². The van der Waals surface area contributed by atoms with Gasteiger partial charge in [0.25, 0.3) is 0 Å². The Bertz CT molecular complexity index is 505. The molecule has 0 aliphatic carbocycles. The van der Waals surface area contributed by atoms with Crippen molar-refractivity contribution in [2.75, 3.05) is 0 Å². The number of hydrogen-bond acceptors (Lipinski definition) is 3. The first-order chi connectivity index (χ1) is 7.09. The highest BCUT2D eigenvalue weighted by Gasteiger charge is 2.17. The van der Waals surface area contributed by atoms with Gasteiger partial charge in [-0.2, -0.15) is 0 Å². The molecule has 0 atom stereocenters. The second kappa shape index (κ2) is 3.66. The SMILES string of the molecule is Cc1cc(C(=O)c2ccsc2C)c(C)o1. The number of rotatable bonds is 2. The van der Waals surface area contributed by atoms with Crippen molar-refractivity contribution >= 4 is 17.1 Å². The average molecular weight is 220 g/mol. The fourth-order valence-electron chi connectivity index (χ4n) is 1.62. The van der Waals surface area contributed by atoms with Gasteiger partial charge in [-0.3, -0.25) is 4.79 Å². The van der Waals surface area contributed by atoms with Crippen LogP contribution in [0.2, 0.25) is 0 Å². The van der Waals surface area contributed by atoms with Gasteiger partial charge in [0.2, 0.25) is 0 Å². The van der Waals surface area contributed by atoms with E-state index in [9.17, 15) is 4.79 Å². The lowest BCUT2D eigenvalue weighted by molar-refractivity contribution is 0.103. The molecule has 0 radical (unpaired) electrons. The van der Waals surface area contributed by atoms with Crippen LogP contribution in [0.25, 0.3) is 0 Å². The largest absolute Gasteiger partial charge is 0.466 e. The summed E-state index contributed by atoms with van der Waals surface area (Å²) in [4.78, 5) is 13.2. The highest BCUT2D eigenvalue weighted by molar-refractivity contribution is 7.10. The Balaban J connectivity index is 2.45. The minimum absolute atomic E-state index is 0.0584. The summed E-state index contributed by atoms with van der Waals surface area (Å²) in [6, 6.07) is 3.67. The van der Waals surface area contributed by atoms with Gasteiger partial charge in [-0.15, -0.1) is 11.3 Å². The van der Waals surface area contributed by atoms with Gasteiger partial charge in [-0.1, -0.05) is 0 Å². The Kier molecular flexibility index (Phi) is 2.49. The molecule has 0 aromatic carbocycles. The Morgan fingerprint density at radius 1 is 1.27 bits per heavy atom. The average Bonchev–Trinajstić information content (AvgIpc) is 2.71. The van der Waals surface area contributed by atoms with E-state index in [1.807, 2.05) is 32.2 Å². The maximum atomic E-state index is 12.1. The third-order valence-electron chi connectivity index (χ3n) is 2.39. The van der Waals surface area contributed by atoms with Gasteiger partial charge in [0.1, 0.15) is 11.5 Å². The summed E-state index contributed by atoms with van der Waals surface area (Å²) in [5.74, 6) is 1.54. The van der Waals surface area contributed by atoms with E-state index in [1.54, 1.807) is 17.4 Å². The lowest BCUT2D eigenvalue weighted by atomic mass is 10.1. The quantitative estimate of drug-likeness (QED) is 0.725. The lowest BCUT2D eigenvalue weighted by Gasteiger charge is -1.97. The van der Waals surface area contributed by atoms with Crippen molar-refractivity contribution < 1.29 is 9.21 Å². The predicted molar refractivity (Wildman–Crippen MR) is 60.7 cm³/mol. The molecule has 0 N–H and O–H groups in total. The van der Waals surface area contributed by atoms with Crippen LogP contribution < -0.4 is 0 Å².